The first-order chi connectivity index (χ1) is 13.1. The van der Waals surface area contributed by atoms with Gasteiger partial charge in [-0.05, 0) is 48.1 Å². The van der Waals surface area contributed by atoms with E-state index in [-0.39, 0.29) is 11.5 Å². The van der Waals surface area contributed by atoms with E-state index in [9.17, 15) is 15.0 Å². The summed E-state index contributed by atoms with van der Waals surface area (Å²) in [7, 11) is 0. The molecule has 1 aliphatic heterocycles. The number of carbonyl (C=O) groups excluding carboxylic acids is 1. The molecule has 4 heteroatoms. The Morgan fingerprint density at radius 3 is 2.63 bits per heavy atom. The predicted octanol–water partition coefficient (Wildman–Crippen LogP) is 3.24. The number of benzene rings is 1. The molecule has 2 N–H and O–H groups in total. The van der Waals surface area contributed by atoms with Crippen LogP contribution in [0.5, 0.6) is 5.75 Å². The average molecular weight is 363 g/mol. The fourth-order valence-electron chi connectivity index (χ4n) is 3.74. The van der Waals surface area contributed by atoms with Crippen molar-refractivity contribution in [3.05, 3.63) is 70.9 Å². The molecule has 4 rings (SSSR count). The summed E-state index contributed by atoms with van der Waals surface area (Å²) in [5.41, 5.74) is 3.35. The fourth-order valence-corrected chi connectivity index (χ4v) is 3.74. The molecule has 27 heavy (non-hydrogen) atoms. The van der Waals surface area contributed by atoms with E-state index < -0.39 is 6.10 Å². The van der Waals surface area contributed by atoms with E-state index in [2.05, 4.69) is 4.90 Å². The third-order valence-corrected chi connectivity index (χ3v) is 5.24. The van der Waals surface area contributed by atoms with E-state index in [1.165, 1.54) is 12.8 Å². The summed E-state index contributed by atoms with van der Waals surface area (Å²) in [6.07, 6.45) is 12.0. The zero-order valence-electron chi connectivity index (χ0n) is 15.3. The lowest BCUT2D eigenvalue weighted by Crippen LogP contribution is -2.39. The monoisotopic (exact) mass is 363 g/mol. The van der Waals surface area contributed by atoms with E-state index in [0.717, 1.165) is 34.7 Å². The molecule has 1 aromatic rings. The van der Waals surface area contributed by atoms with Gasteiger partial charge in [0.25, 0.3) is 0 Å². The maximum atomic E-state index is 13.1. The number of likely N-dealkylation sites (tertiary alicyclic amines) is 1. The zero-order chi connectivity index (χ0) is 18.8. The lowest BCUT2D eigenvalue weighted by Gasteiger charge is -2.30. The number of phenolic OH excluding ortho intramolecular Hbond substituents is 1. The maximum absolute atomic E-state index is 13.1. The van der Waals surface area contributed by atoms with Gasteiger partial charge in [-0.3, -0.25) is 9.69 Å². The molecule has 1 unspecified atom stereocenters. The van der Waals surface area contributed by atoms with Crippen LogP contribution in [0.3, 0.4) is 0 Å². The van der Waals surface area contributed by atoms with Crippen molar-refractivity contribution in [2.75, 3.05) is 19.6 Å². The number of aliphatic hydroxyl groups is 1. The number of hydrogen-bond acceptors (Lipinski definition) is 4. The number of rotatable bonds is 4. The predicted molar refractivity (Wildman–Crippen MR) is 106 cm³/mol. The van der Waals surface area contributed by atoms with E-state index >= 15 is 0 Å². The minimum Gasteiger partial charge on any atom is -0.508 e. The number of nitrogens with zero attached hydrogens (tertiary/aromatic N) is 1. The first-order valence-electron chi connectivity index (χ1n) is 9.59. The molecular formula is C23H25NO3. The summed E-state index contributed by atoms with van der Waals surface area (Å²) in [4.78, 5) is 15.4. The highest BCUT2D eigenvalue weighted by Crippen LogP contribution is 2.32. The van der Waals surface area contributed by atoms with Crippen LogP contribution in [-0.4, -0.2) is 46.6 Å². The minimum absolute atomic E-state index is 0.0651. The highest BCUT2D eigenvalue weighted by atomic mass is 16.3. The molecule has 1 aromatic carbocycles. The third-order valence-electron chi connectivity index (χ3n) is 5.24. The second kappa shape index (κ2) is 7.67. The Morgan fingerprint density at radius 2 is 1.93 bits per heavy atom. The number of aromatic hydroxyl groups is 1. The van der Waals surface area contributed by atoms with Crippen molar-refractivity contribution in [1.82, 2.24) is 4.90 Å². The third kappa shape index (κ3) is 4.65. The molecule has 0 radical (unpaired) electrons. The standard InChI is InChI=1S/C23H25NO3/c25-21-5-1-3-17(11-21)9-19-14-24(13-16-7-8-16)15-20(23(19)27)10-18-4-2-6-22(26)12-18/h1-6,9-11,16,22,25-26H,7-8,12-15H2. The molecule has 140 valence electrons. The van der Waals surface area contributed by atoms with Crippen molar-refractivity contribution in [2.24, 2.45) is 5.92 Å². The fraction of sp³-hybridized carbons (Fsp3) is 0.348. The Bertz CT molecular complexity index is 858. The van der Waals surface area contributed by atoms with Gasteiger partial charge in [-0.2, -0.15) is 0 Å². The van der Waals surface area contributed by atoms with Gasteiger partial charge in [0.2, 0.25) is 0 Å². The van der Waals surface area contributed by atoms with Crippen molar-refractivity contribution in [3.8, 4) is 5.75 Å². The Labute approximate surface area is 159 Å². The Hall–Kier alpha value is -2.43. The summed E-state index contributed by atoms with van der Waals surface area (Å²) < 4.78 is 0. The average Bonchev–Trinajstić information content (AvgIpc) is 3.43. The van der Waals surface area contributed by atoms with Crippen molar-refractivity contribution < 1.29 is 15.0 Å². The molecule has 1 heterocycles. The Morgan fingerprint density at radius 1 is 1.15 bits per heavy atom. The van der Waals surface area contributed by atoms with Crippen LogP contribution < -0.4 is 0 Å². The number of hydrogen-bond donors (Lipinski definition) is 2. The molecule has 0 amide bonds. The zero-order valence-corrected chi connectivity index (χ0v) is 15.3. The second-order valence-corrected chi connectivity index (χ2v) is 7.77. The van der Waals surface area contributed by atoms with Crippen molar-refractivity contribution in [1.29, 1.82) is 0 Å². The van der Waals surface area contributed by atoms with E-state index in [1.54, 1.807) is 24.3 Å². The molecule has 1 saturated carbocycles. The summed E-state index contributed by atoms with van der Waals surface area (Å²) in [6, 6.07) is 6.99. The van der Waals surface area contributed by atoms with Crippen LogP contribution >= 0.6 is 0 Å². The number of Topliss-reactive ketones (excluding diaryl/α,β-unsaturated/α-hetero) is 1. The quantitative estimate of drug-likeness (QED) is 0.806. The number of phenols is 1. The molecular weight excluding hydrogens is 338 g/mol. The molecule has 2 fully saturated rings. The summed E-state index contributed by atoms with van der Waals surface area (Å²) in [5.74, 6) is 1.02. The number of aliphatic hydroxyl groups excluding tert-OH is 1. The van der Waals surface area contributed by atoms with Gasteiger partial charge in [0, 0.05) is 37.2 Å². The van der Waals surface area contributed by atoms with Crippen molar-refractivity contribution in [3.63, 3.8) is 0 Å². The van der Waals surface area contributed by atoms with E-state index in [0.29, 0.717) is 19.5 Å². The second-order valence-electron chi connectivity index (χ2n) is 7.77. The van der Waals surface area contributed by atoms with Crippen LogP contribution in [-0.2, 0) is 4.79 Å². The van der Waals surface area contributed by atoms with E-state index in [4.69, 9.17) is 0 Å². The normalized spacial score (nSPS) is 26.6. The smallest absolute Gasteiger partial charge is 0.187 e. The number of piperidine rings is 1. The van der Waals surface area contributed by atoms with Crippen LogP contribution in [0.4, 0.5) is 0 Å². The highest BCUT2D eigenvalue weighted by molar-refractivity contribution is 6.12. The highest BCUT2D eigenvalue weighted by Gasteiger charge is 2.31. The van der Waals surface area contributed by atoms with E-state index in [1.807, 2.05) is 30.4 Å². The van der Waals surface area contributed by atoms with Crippen molar-refractivity contribution >= 4 is 11.9 Å². The van der Waals surface area contributed by atoms with Gasteiger partial charge in [-0.25, -0.2) is 0 Å². The molecule has 3 aliphatic rings. The SMILES string of the molecule is O=C1C(=CC2=CC=CC(O)C2)CN(CC2CC2)CC1=Cc1cccc(O)c1. The van der Waals surface area contributed by atoms with Crippen LogP contribution in [0.15, 0.2) is 65.3 Å². The van der Waals surface area contributed by atoms with Gasteiger partial charge < -0.3 is 10.2 Å². The van der Waals surface area contributed by atoms with Gasteiger partial charge in [-0.15, -0.1) is 0 Å². The van der Waals surface area contributed by atoms with Gasteiger partial charge >= 0.3 is 0 Å². The van der Waals surface area contributed by atoms with Crippen LogP contribution in [0.2, 0.25) is 0 Å². The van der Waals surface area contributed by atoms with Gasteiger partial charge in [-0.1, -0.05) is 36.4 Å². The first kappa shape index (κ1) is 18.0. The minimum atomic E-state index is -0.481. The lowest BCUT2D eigenvalue weighted by molar-refractivity contribution is -0.113. The maximum Gasteiger partial charge on any atom is 0.187 e. The van der Waals surface area contributed by atoms with Crippen LogP contribution in [0, 0.1) is 5.92 Å². The Balaban J connectivity index is 1.63. The largest absolute Gasteiger partial charge is 0.508 e. The molecule has 2 aliphatic carbocycles. The van der Waals surface area contributed by atoms with Crippen molar-refractivity contribution in [2.45, 2.75) is 25.4 Å². The van der Waals surface area contributed by atoms with Gasteiger partial charge in [0.15, 0.2) is 5.78 Å². The number of ketones is 1. The first-order valence-corrected chi connectivity index (χ1v) is 9.59. The lowest BCUT2D eigenvalue weighted by atomic mass is 9.92. The van der Waals surface area contributed by atoms with Gasteiger partial charge in [0.05, 0.1) is 6.10 Å². The number of carbonyl (C=O) groups is 1. The number of allylic oxidation sites excluding steroid dienone is 3. The Kier molecular flexibility index (Phi) is 5.10. The molecule has 0 spiro atoms. The molecule has 4 nitrogen and oxygen atoms in total. The van der Waals surface area contributed by atoms with Gasteiger partial charge in [0.1, 0.15) is 5.75 Å². The summed E-state index contributed by atoms with van der Waals surface area (Å²) >= 11 is 0. The molecule has 0 bridgehead atoms. The molecule has 0 aromatic heterocycles. The molecule has 1 atom stereocenters. The topological polar surface area (TPSA) is 60.8 Å². The van der Waals surface area contributed by atoms with Crippen LogP contribution in [0.25, 0.3) is 6.08 Å². The molecule has 1 saturated heterocycles. The summed E-state index contributed by atoms with van der Waals surface area (Å²) in [5, 5.41) is 19.5. The van der Waals surface area contributed by atoms with Crippen LogP contribution in [0.1, 0.15) is 24.8 Å². The summed E-state index contributed by atoms with van der Waals surface area (Å²) in [6.45, 7) is 2.32.